The van der Waals surface area contributed by atoms with Crippen molar-refractivity contribution in [3.8, 4) is 5.75 Å². The molecule has 0 aliphatic heterocycles. The van der Waals surface area contributed by atoms with E-state index in [1.54, 1.807) is 28.9 Å². The number of nitrogens with zero attached hydrogens (tertiary/aromatic N) is 2. The summed E-state index contributed by atoms with van der Waals surface area (Å²) in [6.45, 7) is 8.14. The Kier molecular flexibility index (Phi) is 7.19. The summed E-state index contributed by atoms with van der Waals surface area (Å²) in [4.78, 5) is 12.2. The van der Waals surface area contributed by atoms with Gasteiger partial charge in [0.2, 0.25) is 5.91 Å². The molecule has 2 aromatic carbocycles. The molecule has 32 heavy (non-hydrogen) atoms. The molecule has 1 aromatic heterocycles. The number of halogens is 3. The van der Waals surface area contributed by atoms with Crippen molar-refractivity contribution < 1.29 is 18.3 Å². The van der Waals surface area contributed by atoms with Crippen LogP contribution >= 0.6 is 11.6 Å². The van der Waals surface area contributed by atoms with E-state index in [-0.39, 0.29) is 23.5 Å². The van der Waals surface area contributed by atoms with Crippen LogP contribution in [-0.2, 0) is 17.9 Å². The van der Waals surface area contributed by atoms with Gasteiger partial charge in [-0.05, 0) is 42.7 Å². The average molecular weight is 462 g/mol. The molecule has 0 bridgehead atoms. The lowest BCUT2D eigenvalue weighted by molar-refractivity contribution is -0.117. The Balaban J connectivity index is 1.75. The van der Waals surface area contributed by atoms with Crippen molar-refractivity contribution in [2.75, 3.05) is 5.32 Å². The Labute approximate surface area is 191 Å². The zero-order valence-corrected chi connectivity index (χ0v) is 19.3. The van der Waals surface area contributed by atoms with Crippen molar-refractivity contribution in [3.05, 3.63) is 75.9 Å². The van der Waals surface area contributed by atoms with Crippen molar-refractivity contribution in [3.63, 3.8) is 0 Å². The molecule has 1 heterocycles. The van der Waals surface area contributed by atoms with E-state index >= 15 is 0 Å². The Morgan fingerprint density at radius 2 is 1.88 bits per heavy atom. The topological polar surface area (TPSA) is 56.2 Å². The van der Waals surface area contributed by atoms with Crippen LogP contribution in [0.4, 0.5) is 14.6 Å². The molecule has 0 spiro atoms. The maximum Gasteiger partial charge on any atom is 0.226 e. The minimum atomic E-state index is -0.668. The van der Waals surface area contributed by atoms with Crippen LogP contribution < -0.4 is 10.1 Å². The second-order valence-electron chi connectivity index (χ2n) is 8.89. The molecule has 0 saturated carbocycles. The minimum Gasteiger partial charge on any atom is -0.488 e. The highest BCUT2D eigenvalue weighted by atomic mass is 35.5. The monoisotopic (exact) mass is 461 g/mol. The molecule has 1 amide bonds. The second-order valence-corrected chi connectivity index (χ2v) is 9.33. The Morgan fingerprint density at radius 1 is 1.12 bits per heavy atom. The lowest BCUT2D eigenvalue weighted by atomic mass is 9.92. The standard InChI is InChI=1S/C24H26ClF2N3O2/c1-15-9-22(28-23(31)12-24(2,3)4)29-30(15)13-17-10-18(25)6-8-21(17)32-14-16-5-7-19(26)11-20(16)27/h5-11H,12-14H2,1-4H3,(H,28,29,31). The molecule has 3 aromatic rings. The molecule has 0 radical (unpaired) electrons. The SMILES string of the molecule is Cc1cc(NC(=O)CC(C)(C)C)nn1Cc1cc(Cl)ccc1OCc1ccc(F)cc1F. The molecule has 170 valence electrons. The van der Waals surface area contributed by atoms with Gasteiger partial charge in [-0.3, -0.25) is 9.48 Å². The summed E-state index contributed by atoms with van der Waals surface area (Å²) in [6.07, 6.45) is 0.380. The number of hydrogen-bond acceptors (Lipinski definition) is 3. The van der Waals surface area contributed by atoms with E-state index in [0.29, 0.717) is 29.6 Å². The summed E-state index contributed by atoms with van der Waals surface area (Å²) in [5, 5.41) is 7.82. The van der Waals surface area contributed by atoms with Gasteiger partial charge >= 0.3 is 0 Å². The quantitative estimate of drug-likeness (QED) is 0.460. The number of aromatic nitrogens is 2. The molecular formula is C24H26ClF2N3O2. The van der Waals surface area contributed by atoms with Gasteiger partial charge in [-0.25, -0.2) is 8.78 Å². The summed E-state index contributed by atoms with van der Waals surface area (Å²) < 4.78 is 34.6. The van der Waals surface area contributed by atoms with E-state index < -0.39 is 11.6 Å². The van der Waals surface area contributed by atoms with Crippen molar-refractivity contribution in [2.24, 2.45) is 5.41 Å². The summed E-state index contributed by atoms with van der Waals surface area (Å²) in [7, 11) is 0. The number of carbonyl (C=O) groups excluding carboxylic acids is 1. The number of ether oxygens (including phenoxy) is 1. The van der Waals surface area contributed by atoms with Gasteiger partial charge in [0.25, 0.3) is 0 Å². The maximum atomic E-state index is 13.9. The number of benzene rings is 2. The third-order valence-corrected chi connectivity index (χ3v) is 4.92. The Morgan fingerprint density at radius 3 is 2.56 bits per heavy atom. The molecular weight excluding hydrogens is 436 g/mol. The number of anilines is 1. The maximum absolute atomic E-state index is 13.9. The van der Waals surface area contributed by atoms with Gasteiger partial charge < -0.3 is 10.1 Å². The second kappa shape index (κ2) is 9.69. The van der Waals surface area contributed by atoms with Crippen molar-refractivity contribution >= 4 is 23.3 Å². The van der Waals surface area contributed by atoms with Crippen LogP contribution in [-0.4, -0.2) is 15.7 Å². The van der Waals surface area contributed by atoms with E-state index in [0.717, 1.165) is 17.3 Å². The first kappa shape index (κ1) is 23.7. The van der Waals surface area contributed by atoms with Crippen LogP contribution in [0.1, 0.15) is 44.0 Å². The zero-order chi connectivity index (χ0) is 23.5. The normalized spacial score (nSPS) is 11.5. The molecule has 8 heteroatoms. The Hall–Kier alpha value is -2.93. The minimum absolute atomic E-state index is 0.0626. The van der Waals surface area contributed by atoms with Crippen LogP contribution in [0.25, 0.3) is 0 Å². The summed E-state index contributed by atoms with van der Waals surface area (Å²) in [5.41, 5.74) is 1.69. The predicted octanol–water partition coefficient (Wildman–Crippen LogP) is 6.13. The molecule has 0 unspecified atom stereocenters. The molecule has 1 N–H and O–H groups in total. The highest BCUT2D eigenvalue weighted by molar-refractivity contribution is 6.30. The van der Waals surface area contributed by atoms with Crippen LogP contribution in [0, 0.1) is 24.0 Å². The molecule has 0 atom stereocenters. The Bertz CT molecular complexity index is 1120. The summed E-state index contributed by atoms with van der Waals surface area (Å²) in [6, 6.07) is 10.3. The summed E-state index contributed by atoms with van der Waals surface area (Å²) >= 11 is 6.17. The zero-order valence-electron chi connectivity index (χ0n) is 18.5. The lowest BCUT2D eigenvalue weighted by Gasteiger charge is -2.16. The number of rotatable bonds is 7. The van der Waals surface area contributed by atoms with Gasteiger partial charge in [-0.1, -0.05) is 32.4 Å². The van der Waals surface area contributed by atoms with Crippen molar-refractivity contribution in [1.29, 1.82) is 0 Å². The van der Waals surface area contributed by atoms with Gasteiger partial charge in [0.15, 0.2) is 5.82 Å². The van der Waals surface area contributed by atoms with Crippen LogP contribution in [0.5, 0.6) is 5.75 Å². The fourth-order valence-electron chi connectivity index (χ4n) is 3.17. The van der Waals surface area contributed by atoms with E-state index in [2.05, 4.69) is 10.4 Å². The van der Waals surface area contributed by atoms with Crippen molar-refractivity contribution in [1.82, 2.24) is 9.78 Å². The number of carbonyl (C=O) groups is 1. The average Bonchev–Trinajstić information content (AvgIpc) is 2.99. The first-order chi connectivity index (χ1) is 15.0. The largest absolute Gasteiger partial charge is 0.488 e. The first-order valence-corrected chi connectivity index (χ1v) is 10.6. The number of nitrogens with one attached hydrogen (secondary N) is 1. The summed E-state index contributed by atoms with van der Waals surface area (Å²) in [5.74, 6) is -0.437. The molecule has 0 fully saturated rings. The molecule has 0 aliphatic rings. The van der Waals surface area contributed by atoms with E-state index in [1.165, 1.54) is 12.1 Å². The van der Waals surface area contributed by atoms with Gasteiger partial charge in [-0.15, -0.1) is 0 Å². The van der Waals surface area contributed by atoms with Gasteiger partial charge in [0, 0.05) is 40.4 Å². The predicted molar refractivity (Wildman–Crippen MR) is 121 cm³/mol. The molecule has 3 rings (SSSR count). The number of amides is 1. The fraction of sp³-hybridized carbons (Fsp3) is 0.333. The van der Waals surface area contributed by atoms with Crippen LogP contribution in [0.15, 0.2) is 42.5 Å². The van der Waals surface area contributed by atoms with Crippen LogP contribution in [0.3, 0.4) is 0 Å². The smallest absolute Gasteiger partial charge is 0.226 e. The third-order valence-electron chi connectivity index (χ3n) is 4.68. The van der Waals surface area contributed by atoms with Crippen molar-refractivity contribution in [2.45, 2.75) is 47.3 Å². The third kappa shape index (κ3) is 6.53. The number of aryl methyl sites for hydroxylation is 1. The molecule has 5 nitrogen and oxygen atoms in total. The number of hydrogen-bond donors (Lipinski definition) is 1. The van der Waals surface area contributed by atoms with Gasteiger partial charge in [-0.2, -0.15) is 5.10 Å². The van der Waals surface area contributed by atoms with Crippen LogP contribution in [0.2, 0.25) is 5.02 Å². The highest BCUT2D eigenvalue weighted by Gasteiger charge is 2.17. The first-order valence-electron chi connectivity index (χ1n) is 10.2. The highest BCUT2D eigenvalue weighted by Crippen LogP contribution is 2.26. The van der Waals surface area contributed by atoms with E-state index in [1.807, 2.05) is 27.7 Å². The molecule has 0 aliphatic carbocycles. The molecule has 0 saturated heterocycles. The lowest BCUT2D eigenvalue weighted by Crippen LogP contribution is -2.20. The van der Waals surface area contributed by atoms with E-state index in [9.17, 15) is 13.6 Å². The van der Waals surface area contributed by atoms with E-state index in [4.69, 9.17) is 16.3 Å². The fourth-order valence-corrected chi connectivity index (χ4v) is 3.36. The van der Waals surface area contributed by atoms with Gasteiger partial charge in [0.1, 0.15) is 24.0 Å². The van der Waals surface area contributed by atoms with Gasteiger partial charge in [0.05, 0.1) is 6.54 Å².